The van der Waals surface area contributed by atoms with E-state index in [4.69, 9.17) is 0 Å². The van der Waals surface area contributed by atoms with Crippen LogP contribution in [0, 0.1) is 11.6 Å². The lowest BCUT2D eigenvalue weighted by atomic mass is 10.2. The van der Waals surface area contributed by atoms with Crippen molar-refractivity contribution < 1.29 is 13.6 Å². The van der Waals surface area contributed by atoms with Crippen molar-refractivity contribution >= 4 is 32.6 Å². The van der Waals surface area contributed by atoms with Gasteiger partial charge < -0.3 is 9.80 Å². The zero-order chi connectivity index (χ0) is 17.6. The van der Waals surface area contributed by atoms with Crippen LogP contribution in [-0.2, 0) is 7.05 Å². The second kappa shape index (κ2) is 6.07. The van der Waals surface area contributed by atoms with E-state index in [0.717, 1.165) is 6.07 Å². The van der Waals surface area contributed by atoms with Gasteiger partial charge in [-0.3, -0.25) is 9.48 Å². The van der Waals surface area contributed by atoms with E-state index in [1.165, 1.54) is 17.4 Å². The predicted octanol–water partition coefficient (Wildman–Crippen LogP) is 2.27. The number of fused-ring (bicyclic) bond motifs is 1. The lowest BCUT2D eigenvalue weighted by Gasteiger charge is -2.34. The Bertz CT molecular complexity index is 945. The van der Waals surface area contributed by atoms with Crippen molar-refractivity contribution in [2.24, 2.45) is 7.05 Å². The summed E-state index contributed by atoms with van der Waals surface area (Å²) in [6.07, 6.45) is 3.25. The molecule has 0 spiro atoms. The summed E-state index contributed by atoms with van der Waals surface area (Å²) in [6, 6.07) is 2.14. The second-order valence-corrected chi connectivity index (χ2v) is 6.92. The number of benzene rings is 1. The van der Waals surface area contributed by atoms with E-state index in [2.05, 4.69) is 10.1 Å². The first kappa shape index (κ1) is 15.9. The molecule has 1 aromatic carbocycles. The average Bonchev–Trinajstić information content (AvgIpc) is 3.21. The van der Waals surface area contributed by atoms with Crippen LogP contribution in [0.3, 0.4) is 0 Å². The summed E-state index contributed by atoms with van der Waals surface area (Å²) in [7, 11) is 1.77. The van der Waals surface area contributed by atoms with Gasteiger partial charge in [0.1, 0.15) is 11.3 Å². The number of anilines is 1. The highest BCUT2D eigenvalue weighted by Crippen LogP contribution is 2.31. The zero-order valence-corrected chi connectivity index (χ0v) is 14.3. The summed E-state index contributed by atoms with van der Waals surface area (Å²) in [5, 5.41) is 4.67. The molecule has 25 heavy (non-hydrogen) atoms. The van der Waals surface area contributed by atoms with E-state index in [1.807, 2.05) is 4.90 Å². The zero-order valence-electron chi connectivity index (χ0n) is 13.4. The maximum atomic E-state index is 13.8. The molecule has 6 nitrogen and oxygen atoms in total. The number of thiazole rings is 1. The molecule has 0 bridgehead atoms. The van der Waals surface area contributed by atoms with E-state index in [-0.39, 0.29) is 11.4 Å². The highest BCUT2D eigenvalue weighted by Gasteiger charge is 2.25. The van der Waals surface area contributed by atoms with Crippen LogP contribution in [0.5, 0.6) is 0 Å². The molecule has 1 amide bonds. The summed E-state index contributed by atoms with van der Waals surface area (Å²) in [4.78, 5) is 20.5. The number of hydrogen-bond donors (Lipinski definition) is 0. The van der Waals surface area contributed by atoms with E-state index in [9.17, 15) is 13.6 Å². The van der Waals surface area contributed by atoms with Crippen LogP contribution in [0.2, 0.25) is 0 Å². The fourth-order valence-corrected chi connectivity index (χ4v) is 3.95. The van der Waals surface area contributed by atoms with Gasteiger partial charge in [-0.05, 0) is 6.07 Å². The van der Waals surface area contributed by atoms with Gasteiger partial charge in [-0.1, -0.05) is 11.3 Å². The highest BCUT2D eigenvalue weighted by molar-refractivity contribution is 7.22. The number of aryl methyl sites for hydroxylation is 1. The second-order valence-electron chi connectivity index (χ2n) is 5.91. The molecule has 0 saturated carbocycles. The van der Waals surface area contributed by atoms with Crippen LogP contribution in [0.25, 0.3) is 10.2 Å². The third-order valence-corrected chi connectivity index (χ3v) is 5.25. The molecule has 0 atom stereocenters. The molecule has 0 unspecified atom stereocenters. The predicted molar refractivity (Wildman–Crippen MR) is 90.9 cm³/mol. The van der Waals surface area contributed by atoms with Crippen molar-refractivity contribution in [3.63, 3.8) is 0 Å². The molecule has 2 aromatic heterocycles. The first-order valence-electron chi connectivity index (χ1n) is 7.80. The van der Waals surface area contributed by atoms with Crippen molar-refractivity contribution in [3.8, 4) is 0 Å². The summed E-state index contributed by atoms with van der Waals surface area (Å²) >= 11 is 1.26. The summed E-state index contributed by atoms with van der Waals surface area (Å²) in [5.41, 5.74) is 0.753. The molecule has 0 aliphatic carbocycles. The SMILES string of the molecule is Cn1cc(C(=O)N2CCN(c3nc4c(F)cc(F)cc4s3)CC2)cn1. The Kier molecular flexibility index (Phi) is 3.87. The van der Waals surface area contributed by atoms with Gasteiger partial charge in [0.25, 0.3) is 5.91 Å². The number of aromatic nitrogens is 3. The molecule has 1 aliphatic rings. The Hall–Kier alpha value is -2.55. The van der Waals surface area contributed by atoms with Gasteiger partial charge >= 0.3 is 0 Å². The molecular formula is C16H15F2N5OS. The molecule has 4 rings (SSSR count). The first-order valence-corrected chi connectivity index (χ1v) is 8.61. The lowest BCUT2D eigenvalue weighted by Crippen LogP contribution is -2.48. The Morgan fingerprint density at radius 3 is 2.64 bits per heavy atom. The van der Waals surface area contributed by atoms with E-state index in [0.29, 0.717) is 41.6 Å². The topological polar surface area (TPSA) is 54.3 Å². The minimum Gasteiger partial charge on any atom is -0.345 e. The summed E-state index contributed by atoms with van der Waals surface area (Å²) < 4.78 is 29.2. The minimum atomic E-state index is -0.650. The molecule has 1 aliphatic heterocycles. The summed E-state index contributed by atoms with van der Waals surface area (Å²) in [5.74, 6) is -1.31. The number of carbonyl (C=O) groups excluding carboxylic acids is 1. The quantitative estimate of drug-likeness (QED) is 0.701. The van der Waals surface area contributed by atoms with Crippen LogP contribution in [0.4, 0.5) is 13.9 Å². The van der Waals surface area contributed by atoms with Gasteiger partial charge in [0.15, 0.2) is 10.9 Å². The number of carbonyl (C=O) groups is 1. The highest BCUT2D eigenvalue weighted by atomic mass is 32.1. The van der Waals surface area contributed by atoms with E-state index >= 15 is 0 Å². The number of hydrogen-bond acceptors (Lipinski definition) is 5. The summed E-state index contributed by atoms with van der Waals surface area (Å²) in [6.45, 7) is 2.27. The van der Waals surface area contributed by atoms with Gasteiger partial charge in [-0.15, -0.1) is 0 Å². The average molecular weight is 363 g/mol. The Labute approximate surface area is 146 Å². The van der Waals surface area contributed by atoms with Crippen LogP contribution in [0.1, 0.15) is 10.4 Å². The maximum absolute atomic E-state index is 13.8. The number of amides is 1. The molecule has 9 heteroatoms. The number of piperazine rings is 1. The molecular weight excluding hydrogens is 348 g/mol. The van der Waals surface area contributed by atoms with Crippen molar-refractivity contribution in [3.05, 3.63) is 41.7 Å². The van der Waals surface area contributed by atoms with Gasteiger partial charge in [0, 0.05) is 45.5 Å². The van der Waals surface area contributed by atoms with E-state index in [1.54, 1.807) is 29.0 Å². The molecule has 0 radical (unpaired) electrons. The minimum absolute atomic E-state index is 0.0508. The van der Waals surface area contributed by atoms with Crippen molar-refractivity contribution in [1.29, 1.82) is 0 Å². The van der Waals surface area contributed by atoms with Crippen LogP contribution in [-0.4, -0.2) is 51.8 Å². The largest absolute Gasteiger partial charge is 0.345 e. The van der Waals surface area contributed by atoms with Crippen LogP contribution in [0.15, 0.2) is 24.5 Å². The van der Waals surface area contributed by atoms with Crippen LogP contribution < -0.4 is 4.90 Å². The molecule has 130 valence electrons. The number of nitrogens with zero attached hydrogens (tertiary/aromatic N) is 5. The van der Waals surface area contributed by atoms with Crippen molar-refractivity contribution in [2.75, 3.05) is 31.1 Å². The maximum Gasteiger partial charge on any atom is 0.257 e. The third kappa shape index (κ3) is 2.95. The Morgan fingerprint density at radius 1 is 1.20 bits per heavy atom. The normalized spacial score (nSPS) is 15.2. The standard InChI is InChI=1S/C16H15F2N5OS/c1-21-9-10(8-19-21)15(24)22-2-4-23(5-3-22)16-20-14-12(18)6-11(17)7-13(14)25-16/h6-9H,2-5H2,1H3. The molecule has 1 fully saturated rings. The number of halogens is 2. The molecule has 0 N–H and O–H groups in total. The Balaban J connectivity index is 1.48. The van der Waals surface area contributed by atoms with Gasteiger partial charge in [0.2, 0.25) is 0 Å². The molecule has 3 aromatic rings. The monoisotopic (exact) mass is 363 g/mol. The smallest absolute Gasteiger partial charge is 0.257 e. The first-order chi connectivity index (χ1) is 12.0. The van der Waals surface area contributed by atoms with Crippen molar-refractivity contribution in [1.82, 2.24) is 19.7 Å². The number of rotatable bonds is 2. The van der Waals surface area contributed by atoms with Gasteiger partial charge in [-0.25, -0.2) is 13.8 Å². The fraction of sp³-hybridized carbons (Fsp3) is 0.312. The van der Waals surface area contributed by atoms with Gasteiger partial charge in [-0.2, -0.15) is 5.10 Å². The Morgan fingerprint density at radius 2 is 1.96 bits per heavy atom. The molecule has 1 saturated heterocycles. The van der Waals surface area contributed by atoms with Gasteiger partial charge in [0.05, 0.1) is 16.5 Å². The van der Waals surface area contributed by atoms with Crippen molar-refractivity contribution in [2.45, 2.75) is 0 Å². The third-order valence-electron chi connectivity index (χ3n) is 4.19. The van der Waals surface area contributed by atoms with E-state index < -0.39 is 11.6 Å². The molecule has 3 heterocycles. The lowest BCUT2D eigenvalue weighted by molar-refractivity contribution is 0.0746. The fourth-order valence-electron chi connectivity index (χ4n) is 2.90. The van der Waals surface area contributed by atoms with Crippen LogP contribution >= 0.6 is 11.3 Å².